The van der Waals surface area contributed by atoms with E-state index in [0.29, 0.717) is 6.54 Å². The SMILES string of the molecule is CC(C)C(=O)NCCCc1ccc(O)cc1. The first-order valence-electron chi connectivity index (χ1n) is 5.65. The fourth-order valence-corrected chi connectivity index (χ4v) is 1.37. The zero-order valence-corrected chi connectivity index (χ0v) is 9.86. The van der Waals surface area contributed by atoms with Crippen LogP contribution in [0.4, 0.5) is 0 Å². The van der Waals surface area contributed by atoms with Crippen molar-refractivity contribution in [1.82, 2.24) is 5.32 Å². The van der Waals surface area contributed by atoms with Crippen LogP contribution in [0, 0.1) is 5.92 Å². The molecular formula is C13H19NO2. The number of hydrogen-bond acceptors (Lipinski definition) is 2. The first kappa shape index (κ1) is 12.6. The second-order valence-electron chi connectivity index (χ2n) is 4.22. The summed E-state index contributed by atoms with van der Waals surface area (Å²) in [4.78, 5) is 11.3. The highest BCUT2D eigenvalue weighted by Gasteiger charge is 2.04. The molecule has 0 saturated heterocycles. The molecule has 0 aliphatic carbocycles. The zero-order chi connectivity index (χ0) is 12.0. The maximum atomic E-state index is 11.3. The molecule has 16 heavy (non-hydrogen) atoms. The molecule has 0 atom stereocenters. The maximum Gasteiger partial charge on any atom is 0.222 e. The van der Waals surface area contributed by atoms with E-state index in [1.165, 1.54) is 5.56 Å². The summed E-state index contributed by atoms with van der Waals surface area (Å²) < 4.78 is 0. The van der Waals surface area contributed by atoms with Crippen molar-refractivity contribution in [2.75, 3.05) is 6.54 Å². The van der Waals surface area contributed by atoms with Crippen molar-refractivity contribution in [3.63, 3.8) is 0 Å². The van der Waals surface area contributed by atoms with Crippen LogP contribution >= 0.6 is 0 Å². The lowest BCUT2D eigenvalue weighted by molar-refractivity contribution is -0.123. The number of aromatic hydroxyl groups is 1. The molecule has 88 valence electrons. The van der Waals surface area contributed by atoms with Crippen LogP contribution < -0.4 is 5.32 Å². The number of carbonyl (C=O) groups excluding carboxylic acids is 1. The van der Waals surface area contributed by atoms with Crippen molar-refractivity contribution in [3.05, 3.63) is 29.8 Å². The fourth-order valence-electron chi connectivity index (χ4n) is 1.37. The van der Waals surface area contributed by atoms with Crippen LogP contribution in [0.3, 0.4) is 0 Å². The molecule has 0 heterocycles. The molecule has 3 nitrogen and oxygen atoms in total. The standard InChI is InChI=1S/C13H19NO2/c1-10(2)13(16)14-9-3-4-11-5-7-12(15)8-6-11/h5-8,10,15H,3-4,9H2,1-2H3,(H,14,16). The molecule has 0 radical (unpaired) electrons. The van der Waals surface area contributed by atoms with E-state index in [2.05, 4.69) is 5.32 Å². The predicted molar refractivity (Wildman–Crippen MR) is 64.3 cm³/mol. The molecule has 0 aliphatic rings. The number of nitrogens with one attached hydrogen (secondary N) is 1. The van der Waals surface area contributed by atoms with Gasteiger partial charge in [0, 0.05) is 12.5 Å². The lowest BCUT2D eigenvalue weighted by Gasteiger charge is -2.07. The molecule has 0 unspecified atom stereocenters. The number of hydrogen-bond donors (Lipinski definition) is 2. The second-order valence-corrected chi connectivity index (χ2v) is 4.22. The first-order valence-corrected chi connectivity index (χ1v) is 5.65. The third kappa shape index (κ3) is 4.34. The minimum Gasteiger partial charge on any atom is -0.508 e. The Morgan fingerprint density at radius 2 is 1.94 bits per heavy atom. The number of amides is 1. The minimum absolute atomic E-state index is 0.0497. The van der Waals surface area contributed by atoms with Crippen molar-refractivity contribution in [3.8, 4) is 5.75 Å². The van der Waals surface area contributed by atoms with Gasteiger partial charge < -0.3 is 10.4 Å². The smallest absolute Gasteiger partial charge is 0.222 e. The van der Waals surface area contributed by atoms with Crippen molar-refractivity contribution in [1.29, 1.82) is 0 Å². The van der Waals surface area contributed by atoms with Crippen LogP contribution in [0.1, 0.15) is 25.8 Å². The summed E-state index contributed by atoms with van der Waals surface area (Å²) in [6.45, 7) is 4.47. The lowest BCUT2D eigenvalue weighted by atomic mass is 10.1. The molecule has 0 aromatic heterocycles. The maximum absolute atomic E-state index is 11.3. The molecule has 0 bridgehead atoms. The summed E-state index contributed by atoms with van der Waals surface area (Å²) in [6, 6.07) is 7.17. The average Bonchev–Trinajstić information content (AvgIpc) is 2.26. The molecule has 3 heteroatoms. The molecule has 1 amide bonds. The Morgan fingerprint density at radius 1 is 1.31 bits per heavy atom. The van der Waals surface area contributed by atoms with E-state index in [1.807, 2.05) is 26.0 Å². The van der Waals surface area contributed by atoms with E-state index in [1.54, 1.807) is 12.1 Å². The topological polar surface area (TPSA) is 49.3 Å². The van der Waals surface area contributed by atoms with Gasteiger partial charge in [0.05, 0.1) is 0 Å². The van der Waals surface area contributed by atoms with Gasteiger partial charge in [-0.2, -0.15) is 0 Å². The lowest BCUT2D eigenvalue weighted by Crippen LogP contribution is -2.28. The number of benzene rings is 1. The highest BCUT2D eigenvalue weighted by molar-refractivity contribution is 5.77. The van der Waals surface area contributed by atoms with E-state index in [-0.39, 0.29) is 17.6 Å². The molecule has 1 aromatic rings. The van der Waals surface area contributed by atoms with Gasteiger partial charge in [0.15, 0.2) is 0 Å². The van der Waals surface area contributed by atoms with Gasteiger partial charge in [-0.3, -0.25) is 4.79 Å². The number of rotatable bonds is 5. The summed E-state index contributed by atoms with van der Waals surface area (Å²) in [6.07, 6.45) is 1.84. The number of aryl methyl sites for hydroxylation is 1. The van der Waals surface area contributed by atoms with Gasteiger partial charge in [-0.25, -0.2) is 0 Å². The summed E-state index contributed by atoms with van der Waals surface area (Å²) in [5.41, 5.74) is 1.18. The Hall–Kier alpha value is -1.51. The van der Waals surface area contributed by atoms with E-state index in [0.717, 1.165) is 12.8 Å². The Morgan fingerprint density at radius 3 is 2.50 bits per heavy atom. The Labute approximate surface area is 96.5 Å². The normalized spacial score (nSPS) is 10.4. The van der Waals surface area contributed by atoms with Crippen LogP contribution in [0.5, 0.6) is 5.75 Å². The van der Waals surface area contributed by atoms with E-state index < -0.39 is 0 Å². The van der Waals surface area contributed by atoms with Crippen molar-refractivity contribution >= 4 is 5.91 Å². The van der Waals surface area contributed by atoms with Gasteiger partial charge in [0.1, 0.15) is 5.75 Å². The van der Waals surface area contributed by atoms with Gasteiger partial charge in [0.2, 0.25) is 5.91 Å². The Balaban J connectivity index is 2.21. The van der Waals surface area contributed by atoms with Gasteiger partial charge in [-0.1, -0.05) is 26.0 Å². The van der Waals surface area contributed by atoms with Crippen molar-refractivity contribution in [2.45, 2.75) is 26.7 Å². The average molecular weight is 221 g/mol. The number of carbonyl (C=O) groups is 1. The summed E-state index contributed by atoms with van der Waals surface area (Å²) >= 11 is 0. The molecule has 0 fully saturated rings. The minimum atomic E-state index is 0.0497. The third-order valence-corrected chi connectivity index (χ3v) is 2.40. The van der Waals surface area contributed by atoms with E-state index in [4.69, 9.17) is 5.11 Å². The highest BCUT2D eigenvalue weighted by atomic mass is 16.3. The van der Waals surface area contributed by atoms with Crippen LogP contribution in [0.25, 0.3) is 0 Å². The quantitative estimate of drug-likeness (QED) is 0.748. The Kier molecular flexibility index (Phi) is 4.83. The van der Waals surface area contributed by atoms with Crippen molar-refractivity contribution < 1.29 is 9.90 Å². The first-order chi connectivity index (χ1) is 7.59. The monoisotopic (exact) mass is 221 g/mol. The largest absolute Gasteiger partial charge is 0.508 e. The van der Waals surface area contributed by atoms with Crippen LogP contribution in [0.2, 0.25) is 0 Å². The fraction of sp³-hybridized carbons (Fsp3) is 0.462. The van der Waals surface area contributed by atoms with Crippen LogP contribution in [-0.4, -0.2) is 17.6 Å². The molecule has 0 aliphatic heterocycles. The zero-order valence-electron chi connectivity index (χ0n) is 9.86. The summed E-state index contributed by atoms with van der Waals surface area (Å²) in [5, 5.41) is 12.0. The molecule has 0 saturated carbocycles. The molecule has 2 N–H and O–H groups in total. The van der Waals surface area contributed by atoms with Crippen LogP contribution in [-0.2, 0) is 11.2 Å². The molecule has 0 spiro atoms. The molecular weight excluding hydrogens is 202 g/mol. The molecule has 1 rings (SSSR count). The van der Waals surface area contributed by atoms with Gasteiger partial charge in [0.25, 0.3) is 0 Å². The number of phenolic OH excluding ortho intramolecular Hbond substituents is 1. The van der Waals surface area contributed by atoms with Gasteiger partial charge in [-0.05, 0) is 30.5 Å². The Bertz CT molecular complexity index is 330. The highest BCUT2D eigenvalue weighted by Crippen LogP contribution is 2.10. The summed E-state index contributed by atoms with van der Waals surface area (Å²) in [7, 11) is 0. The molecule has 1 aromatic carbocycles. The van der Waals surface area contributed by atoms with Gasteiger partial charge >= 0.3 is 0 Å². The van der Waals surface area contributed by atoms with Crippen molar-refractivity contribution in [2.24, 2.45) is 5.92 Å². The third-order valence-electron chi connectivity index (χ3n) is 2.40. The van der Waals surface area contributed by atoms with E-state index >= 15 is 0 Å². The van der Waals surface area contributed by atoms with E-state index in [9.17, 15) is 4.79 Å². The van der Waals surface area contributed by atoms with Crippen LogP contribution in [0.15, 0.2) is 24.3 Å². The predicted octanol–water partition coefficient (Wildman–Crippen LogP) is 2.10. The number of phenols is 1. The second kappa shape index (κ2) is 6.16. The summed E-state index contributed by atoms with van der Waals surface area (Å²) in [5.74, 6) is 0.441. The van der Waals surface area contributed by atoms with Gasteiger partial charge in [-0.15, -0.1) is 0 Å².